The number of hydrogen-bond donors (Lipinski definition) is 2. The third-order valence-corrected chi connectivity index (χ3v) is 4.71. The smallest absolute Gasteiger partial charge is 0.407 e. The minimum Gasteiger partial charge on any atom is -0.479 e. The zero-order valence-electron chi connectivity index (χ0n) is 15.2. The fourth-order valence-corrected chi connectivity index (χ4v) is 3.35. The molecule has 0 bridgehead atoms. The van der Waals surface area contributed by atoms with E-state index >= 15 is 0 Å². The Hall–Kier alpha value is -3.43. The first kappa shape index (κ1) is 18.0. The van der Waals surface area contributed by atoms with Crippen molar-refractivity contribution in [2.75, 3.05) is 25.5 Å². The number of likely N-dealkylation sites (tertiary alicyclic amines) is 1. The van der Waals surface area contributed by atoms with E-state index in [1.165, 1.54) is 12.0 Å². The first-order valence-corrected chi connectivity index (χ1v) is 8.85. The number of piperidine rings is 1. The van der Waals surface area contributed by atoms with Crippen molar-refractivity contribution in [3.8, 4) is 17.3 Å². The Morgan fingerprint density at radius 2 is 2.25 bits per heavy atom. The quantitative estimate of drug-likeness (QED) is 0.710. The maximum Gasteiger partial charge on any atom is 0.407 e. The van der Waals surface area contributed by atoms with Gasteiger partial charge in [-0.05, 0) is 25.0 Å². The zero-order valence-corrected chi connectivity index (χ0v) is 15.2. The molecule has 146 valence electrons. The lowest BCUT2D eigenvalue weighted by Gasteiger charge is -2.31. The number of halogens is 1. The van der Waals surface area contributed by atoms with Crippen molar-refractivity contribution >= 4 is 17.4 Å². The maximum atomic E-state index is 14.8. The zero-order chi connectivity index (χ0) is 19.7. The van der Waals surface area contributed by atoms with Gasteiger partial charge in [-0.1, -0.05) is 6.07 Å². The van der Waals surface area contributed by atoms with Crippen LogP contribution in [0.3, 0.4) is 0 Å². The summed E-state index contributed by atoms with van der Waals surface area (Å²) in [6, 6.07) is 5.32. The summed E-state index contributed by atoms with van der Waals surface area (Å²) in [5, 5.41) is 16.5. The molecule has 1 saturated heterocycles. The molecule has 28 heavy (non-hydrogen) atoms. The average molecular weight is 386 g/mol. The fraction of sp³-hybridized carbons (Fsp3) is 0.333. The third kappa shape index (κ3) is 3.28. The summed E-state index contributed by atoms with van der Waals surface area (Å²) >= 11 is 0. The summed E-state index contributed by atoms with van der Waals surface area (Å²) in [4.78, 5) is 21.0. The van der Waals surface area contributed by atoms with Crippen LogP contribution in [0.15, 0.2) is 30.6 Å². The van der Waals surface area contributed by atoms with E-state index in [2.05, 4.69) is 20.4 Å². The number of anilines is 1. The van der Waals surface area contributed by atoms with Crippen molar-refractivity contribution in [1.29, 1.82) is 0 Å². The molecule has 0 aliphatic carbocycles. The lowest BCUT2D eigenvalue weighted by atomic mass is 10.1. The highest BCUT2D eigenvalue weighted by atomic mass is 19.1. The normalized spacial score (nSPS) is 16.9. The summed E-state index contributed by atoms with van der Waals surface area (Å²) in [5.41, 5.74) is 1.41. The van der Waals surface area contributed by atoms with Gasteiger partial charge in [0.05, 0.1) is 24.4 Å². The number of fused-ring (bicyclic) bond motifs is 1. The van der Waals surface area contributed by atoms with Gasteiger partial charge in [0.1, 0.15) is 0 Å². The molecule has 4 heterocycles. The van der Waals surface area contributed by atoms with Gasteiger partial charge in [0.2, 0.25) is 5.82 Å². The van der Waals surface area contributed by atoms with Crippen molar-refractivity contribution in [2.24, 2.45) is 0 Å². The Labute approximate surface area is 159 Å². The van der Waals surface area contributed by atoms with E-state index in [0.29, 0.717) is 24.9 Å². The predicted molar refractivity (Wildman–Crippen MR) is 99.0 cm³/mol. The fourth-order valence-electron chi connectivity index (χ4n) is 3.35. The molecule has 1 aliphatic rings. The lowest BCUT2D eigenvalue weighted by Crippen LogP contribution is -2.44. The van der Waals surface area contributed by atoms with Gasteiger partial charge in [-0.25, -0.2) is 14.3 Å². The average Bonchev–Trinajstić information content (AvgIpc) is 3.14. The molecule has 0 unspecified atom stereocenters. The topological polar surface area (TPSA) is 105 Å². The molecule has 4 rings (SSSR count). The third-order valence-electron chi connectivity index (χ3n) is 4.71. The maximum absolute atomic E-state index is 14.8. The molecule has 3 aromatic heterocycles. The predicted octanol–water partition coefficient (Wildman–Crippen LogP) is 2.49. The highest BCUT2D eigenvalue weighted by Gasteiger charge is 2.26. The van der Waals surface area contributed by atoms with Gasteiger partial charge < -0.3 is 20.1 Å². The molecule has 1 fully saturated rings. The molecule has 2 N–H and O–H groups in total. The number of carbonyl (C=O) groups is 1. The molecular weight excluding hydrogens is 367 g/mol. The van der Waals surface area contributed by atoms with Crippen LogP contribution in [0.25, 0.3) is 16.9 Å². The largest absolute Gasteiger partial charge is 0.479 e. The van der Waals surface area contributed by atoms with E-state index in [9.17, 15) is 14.3 Å². The number of hydrogen-bond acceptors (Lipinski definition) is 6. The number of amides is 1. The molecular formula is C18H19FN6O3. The molecule has 0 spiro atoms. The minimum atomic E-state index is -0.987. The molecule has 0 aromatic carbocycles. The van der Waals surface area contributed by atoms with Gasteiger partial charge in [-0.2, -0.15) is 14.5 Å². The molecule has 0 radical (unpaired) electrons. The van der Waals surface area contributed by atoms with Crippen molar-refractivity contribution in [3.63, 3.8) is 0 Å². The minimum absolute atomic E-state index is 0.0191. The van der Waals surface area contributed by atoms with Crippen molar-refractivity contribution in [3.05, 3.63) is 36.4 Å². The summed E-state index contributed by atoms with van der Waals surface area (Å²) in [6.45, 7) is 0.726. The van der Waals surface area contributed by atoms with Crippen LogP contribution in [0.2, 0.25) is 0 Å². The van der Waals surface area contributed by atoms with Crippen molar-refractivity contribution < 1.29 is 19.0 Å². The second-order valence-electron chi connectivity index (χ2n) is 6.52. The highest BCUT2D eigenvalue weighted by Crippen LogP contribution is 2.29. The van der Waals surface area contributed by atoms with Gasteiger partial charge in [0, 0.05) is 25.3 Å². The van der Waals surface area contributed by atoms with Crippen LogP contribution in [0, 0.1) is 5.82 Å². The number of aromatic nitrogens is 4. The van der Waals surface area contributed by atoms with Gasteiger partial charge in [-0.3, -0.25) is 0 Å². The van der Waals surface area contributed by atoms with Crippen LogP contribution in [0.4, 0.5) is 15.0 Å². The second-order valence-corrected chi connectivity index (χ2v) is 6.52. The number of carboxylic acid groups (broad SMARTS) is 1. The van der Waals surface area contributed by atoms with E-state index in [1.54, 1.807) is 16.9 Å². The SMILES string of the molecule is COc1nc(-c2cnn3ccccc23)nc(N[C@@H]2CCCN(C(=O)O)C2)c1F. The van der Waals surface area contributed by atoms with E-state index in [0.717, 1.165) is 5.52 Å². The molecule has 1 amide bonds. The number of pyridine rings is 1. The first-order valence-electron chi connectivity index (χ1n) is 8.85. The molecule has 1 atom stereocenters. The lowest BCUT2D eigenvalue weighted by molar-refractivity contribution is 0.132. The summed E-state index contributed by atoms with van der Waals surface area (Å²) in [6.07, 6.45) is 3.81. The van der Waals surface area contributed by atoms with Gasteiger partial charge >= 0.3 is 6.09 Å². The van der Waals surface area contributed by atoms with E-state index < -0.39 is 11.9 Å². The van der Waals surface area contributed by atoms with Crippen LogP contribution in [-0.2, 0) is 0 Å². The molecule has 3 aromatic rings. The number of nitrogens with one attached hydrogen (secondary N) is 1. The van der Waals surface area contributed by atoms with Crippen LogP contribution >= 0.6 is 0 Å². The Kier molecular flexibility index (Phi) is 4.68. The highest BCUT2D eigenvalue weighted by molar-refractivity contribution is 5.76. The van der Waals surface area contributed by atoms with Crippen molar-refractivity contribution in [2.45, 2.75) is 18.9 Å². The van der Waals surface area contributed by atoms with Gasteiger partial charge in [-0.15, -0.1) is 0 Å². The number of rotatable bonds is 4. The van der Waals surface area contributed by atoms with Gasteiger partial charge in [0.15, 0.2) is 11.6 Å². The molecule has 0 saturated carbocycles. The Morgan fingerprint density at radius 3 is 3.04 bits per heavy atom. The van der Waals surface area contributed by atoms with Crippen LogP contribution in [-0.4, -0.2) is 61.9 Å². The number of methoxy groups -OCH3 is 1. The van der Waals surface area contributed by atoms with E-state index in [4.69, 9.17) is 4.74 Å². The van der Waals surface area contributed by atoms with E-state index in [1.807, 2.05) is 18.2 Å². The summed E-state index contributed by atoms with van der Waals surface area (Å²) < 4.78 is 21.5. The molecule has 9 nitrogen and oxygen atoms in total. The van der Waals surface area contributed by atoms with Crippen LogP contribution in [0.1, 0.15) is 12.8 Å². The van der Waals surface area contributed by atoms with Gasteiger partial charge in [0.25, 0.3) is 5.88 Å². The van der Waals surface area contributed by atoms with Crippen LogP contribution in [0.5, 0.6) is 5.88 Å². The van der Waals surface area contributed by atoms with E-state index in [-0.39, 0.29) is 30.1 Å². The number of ether oxygens (including phenoxy) is 1. The monoisotopic (exact) mass is 386 g/mol. The number of nitrogens with zero attached hydrogens (tertiary/aromatic N) is 5. The Bertz CT molecular complexity index is 1020. The standard InChI is InChI=1S/C18H19FN6O3/c1-28-17-14(19)16(21-11-5-4-7-24(10-11)18(26)27)22-15(23-17)12-9-20-25-8-3-2-6-13(12)25/h2-3,6,8-9,11H,4-5,7,10H2,1H3,(H,26,27)(H,21,22,23)/t11-/m1/s1. The first-order chi connectivity index (χ1) is 13.6. The van der Waals surface area contributed by atoms with Crippen molar-refractivity contribution in [1.82, 2.24) is 24.5 Å². The molecule has 1 aliphatic heterocycles. The van der Waals surface area contributed by atoms with Crippen LogP contribution < -0.4 is 10.1 Å². The summed E-state index contributed by atoms with van der Waals surface area (Å²) in [5.74, 6) is -0.647. The molecule has 10 heteroatoms. The second kappa shape index (κ2) is 7.29. The Balaban J connectivity index is 1.70. The summed E-state index contributed by atoms with van der Waals surface area (Å²) in [7, 11) is 1.34. The Morgan fingerprint density at radius 1 is 1.39 bits per heavy atom.